The number of amides is 3. The lowest BCUT2D eigenvalue weighted by Crippen LogP contribution is -2.34. The number of fused-ring (bicyclic) bond motifs is 1. The van der Waals surface area contributed by atoms with Crippen LogP contribution in [0, 0.1) is 11.3 Å². The first-order chi connectivity index (χ1) is 16.4. The molecule has 1 aromatic heterocycles. The van der Waals surface area contributed by atoms with Crippen molar-refractivity contribution in [1.82, 2.24) is 15.2 Å². The van der Waals surface area contributed by atoms with Crippen molar-refractivity contribution in [3.05, 3.63) is 53.6 Å². The van der Waals surface area contributed by atoms with Crippen LogP contribution < -0.4 is 16.0 Å². The second kappa shape index (κ2) is 8.86. The van der Waals surface area contributed by atoms with Gasteiger partial charge in [0.2, 0.25) is 0 Å². The second-order valence-electron chi connectivity index (χ2n) is 9.60. The van der Waals surface area contributed by atoms with Crippen LogP contribution in [-0.2, 0) is 0 Å². The number of aromatic nitrogens is 1. The smallest absolute Gasteiger partial charge is 0.319 e. The standard InChI is InChI=1S/C27H29N5O2/c1-16(2)29-27(34)31-20-9-6-17(7-10-20)25-23(15-28)22-13-8-18(26(33)30-19-11-12-19)14-24(22)32(25)21-4-3-5-21/h6-10,13-14,16,19,21H,3-5,11-12H2,1-2H3,(H,30,33)(H2,29,31,34). The average molecular weight is 456 g/mol. The zero-order chi connectivity index (χ0) is 23.8. The average Bonchev–Trinajstić information content (AvgIpc) is 3.53. The number of nitriles is 1. The van der Waals surface area contributed by atoms with Crippen LogP contribution in [0.2, 0.25) is 0 Å². The molecule has 2 aliphatic carbocycles. The molecule has 2 fully saturated rings. The Labute approximate surface area is 199 Å². The Balaban J connectivity index is 1.55. The van der Waals surface area contributed by atoms with Gasteiger partial charge in [-0.2, -0.15) is 5.26 Å². The number of anilines is 1. The van der Waals surface area contributed by atoms with Gasteiger partial charge < -0.3 is 20.5 Å². The fourth-order valence-electron chi connectivity index (χ4n) is 4.51. The third-order valence-electron chi connectivity index (χ3n) is 6.57. The van der Waals surface area contributed by atoms with Crippen LogP contribution in [0.15, 0.2) is 42.5 Å². The van der Waals surface area contributed by atoms with E-state index in [1.54, 1.807) is 0 Å². The van der Waals surface area contributed by atoms with Crippen molar-refractivity contribution in [2.45, 2.75) is 64.1 Å². The minimum Gasteiger partial charge on any atom is -0.349 e. The van der Waals surface area contributed by atoms with Gasteiger partial charge in [-0.05, 0) is 75.8 Å². The summed E-state index contributed by atoms with van der Waals surface area (Å²) >= 11 is 0. The summed E-state index contributed by atoms with van der Waals surface area (Å²) in [6, 6.07) is 16.1. The van der Waals surface area contributed by atoms with Crippen molar-refractivity contribution in [3.63, 3.8) is 0 Å². The van der Waals surface area contributed by atoms with Crippen molar-refractivity contribution in [3.8, 4) is 17.3 Å². The maximum atomic E-state index is 12.7. The van der Waals surface area contributed by atoms with Crippen molar-refractivity contribution < 1.29 is 9.59 Å². The monoisotopic (exact) mass is 455 g/mol. The molecule has 0 aliphatic heterocycles. The third-order valence-corrected chi connectivity index (χ3v) is 6.57. The van der Waals surface area contributed by atoms with Crippen molar-refractivity contribution in [2.24, 2.45) is 0 Å². The van der Waals surface area contributed by atoms with E-state index in [1.807, 2.05) is 56.3 Å². The van der Waals surface area contributed by atoms with E-state index in [0.717, 1.165) is 54.3 Å². The summed E-state index contributed by atoms with van der Waals surface area (Å²) in [5.74, 6) is -0.0547. The van der Waals surface area contributed by atoms with Crippen LogP contribution in [0.25, 0.3) is 22.2 Å². The Morgan fingerprint density at radius 3 is 2.38 bits per heavy atom. The van der Waals surface area contributed by atoms with E-state index in [-0.39, 0.29) is 18.0 Å². The first kappa shape index (κ1) is 22.0. The molecule has 3 N–H and O–H groups in total. The van der Waals surface area contributed by atoms with Crippen molar-refractivity contribution in [2.75, 3.05) is 5.32 Å². The molecule has 0 unspecified atom stereocenters. The maximum absolute atomic E-state index is 12.7. The molecule has 3 aromatic rings. The Bertz CT molecular complexity index is 1290. The van der Waals surface area contributed by atoms with E-state index in [9.17, 15) is 14.9 Å². The molecule has 0 saturated heterocycles. The molecule has 0 atom stereocenters. The Morgan fingerprint density at radius 1 is 1.06 bits per heavy atom. The molecular weight excluding hydrogens is 426 g/mol. The van der Waals surface area contributed by atoms with Gasteiger partial charge in [0.15, 0.2) is 0 Å². The minimum atomic E-state index is -0.249. The van der Waals surface area contributed by atoms with Crippen molar-refractivity contribution in [1.29, 1.82) is 5.26 Å². The summed E-state index contributed by atoms with van der Waals surface area (Å²) in [5, 5.41) is 19.7. The highest BCUT2D eigenvalue weighted by atomic mass is 16.2. The van der Waals surface area contributed by atoms with Gasteiger partial charge in [0.25, 0.3) is 5.91 Å². The fourth-order valence-corrected chi connectivity index (χ4v) is 4.51. The quantitative estimate of drug-likeness (QED) is 0.469. The number of carbonyl (C=O) groups excluding carboxylic acids is 2. The molecular formula is C27H29N5O2. The van der Waals surface area contributed by atoms with Crippen molar-refractivity contribution >= 4 is 28.5 Å². The second-order valence-corrected chi connectivity index (χ2v) is 9.60. The van der Waals surface area contributed by atoms with Gasteiger partial charge in [-0.25, -0.2) is 4.79 Å². The van der Waals surface area contributed by atoms with Crippen LogP contribution >= 0.6 is 0 Å². The lowest BCUT2D eigenvalue weighted by molar-refractivity contribution is 0.0951. The lowest BCUT2D eigenvalue weighted by atomic mass is 9.92. The first-order valence-corrected chi connectivity index (χ1v) is 12.0. The molecule has 5 rings (SSSR count). The molecule has 2 saturated carbocycles. The summed E-state index contributed by atoms with van der Waals surface area (Å²) in [6.45, 7) is 3.82. The number of benzene rings is 2. The maximum Gasteiger partial charge on any atom is 0.319 e. The number of urea groups is 1. The van der Waals surface area contributed by atoms with Crippen LogP contribution in [0.5, 0.6) is 0 Å². The molecule has 7 heteroatoms. The molecule has 34 heavy (non-hydrogen) atoms. The van der Waals surface area contributed by atoms with Crippen LogP contribution in [0.4, 0.5) is 10.5 Å². The van der Waals surface area contributed by atoms with Gasteiger partial charge in [-0.15, -0.1) is 0 Å². The summed E-state index contributed by atoms with van der Waals surface area (Å²) in [5.41, 5.74) is 4.65. The van der Waals surface area contributed by atoms with E-state index in [0.29, 0.717) is 28.9 Å². The number of nitrogens with one attached hydrogen (secondary N) is 3. The van der Waals surface area contributed by atoms with Crippen LogP contribution in [0.3, 0.4) is 0 Å². The van der Waals surface area contributed by atoms with E-state index in [2.05, 4.69) is 26.6 Å². The highest BCUT2D eigenvalue weighted by Crippen LogP contribution is 2.43. The van der Waals surface area contributed by atoms with Gasteiger partial charge >= 0.3 is 6.03 Å². The zero-order valence-corrected chi connectivity index (χ0v) is 19.5. The summed E-state index contributed by atoms with van der Waals surface area (Å²) < 4.78 is 2.25. The molecule has 2 aliphatic rings. The summed E-state index contributed by atoms with van der Waals surface area (Å²) in [6.07, 6.45) is 5.34. The van der Waals surface area contributed by atoms with E-state index in [1.165, 1.54) is 0 Å². The fraction of sp³-hybridized carbons (Fsp3) is 0.370. The molecule has 2 aromatic carbocycles. The SMILES string of the molecule is CC(C)NC(=O)Nc1ccc(-c2c(C#N)c3ccc(C(=O)NC4CC4)cc3n2C2CCC2)cc1. The lowest BCUT2D eigenvalue weighted by Gasteiger charge is -2.30. The topological polar surface area (TPSA) is 99.0 Å². The molecule has 7 nitrogen and oxygen atoms in total. The summed E-state index contributed by atoms with van der Waals surface area (Å²) in [4.78, 5) is 24.7. The van der Waals surface area contributed by atoms with E-state index >= 15 is 0 Å². The van der Waals surface area contributed by atoms with Gasteiger partial charge in [0, 0.05) is 34.8 Å². The largest absolute Gasteiger partial charge is 0.349 e. The Kier molecular flexibility index (Phi) is 5.74. The minimum absolute atomic E-state index is 0.0480. The van der Waals surface area contributed by atoms with Crippen LogP contribution in [-0.4, -0.2) is 28.6 Å². The first-order valence-electron chi connectivity index (χ1n) is 12.0. The number of nitrogens with zero attached hydrogens (tertiary/aromatic N) is 2. The predicted molar refractivity (Wildman–Crippen MR) is 133 cm³/mol. The number of hydrogen-bond donors (Lipinski definition) is 3. The van der Waals surface area contributed by atoms with E-state index < -0.39 is 0 Å². The van der Waals surface area contributed by atoms with Gasteiger partial charge in [0.1, 0.15) is 6.07 Å². The normalized spacial score (nSPS) is 15.6. The number of hydrogen-bond acceptors (Lipinski definition) is 3. The molecule has 1 heterocycles. The molecule has 174 valence electrons. The third kappa shape index (κ3) is 4.24. The van der Waals surface area contributed by atoms with E-state index in [4.69, 9.17) is 0 Å². The van der Waals surface area contributed by atoms with Gasteiger partial charge in [-0.1, -0.05) is 18.2 Å². The number of carbonyl (C=O) groups is 2. The van der Waals surface area contributed by atoms with Crippen LogP contribution in [0.1, 0.15) is 67.9 Å². The highest BCUT2D eigenvalue weighted by Gasteiger charge is 2.29. The molecule has 0 bridgehead atoms. The van der Waals surface area contributed by atoms with Gasteiger partial charge in [-0.3, -0.25) is 4.79 Å². The predicted octanol–water partition coefficient (Wildman–Crippen LogP) is 5.33. The number of rotatable bonds is 6. The Hall–Kier alpha value is -3.79. The molecule has 0 radical (unpaired) electrons. The summed E-state index contributed by atoms with van der Waals surface area (Å²) in [7, 11) is 0. The highest BCUT2D eigenvalue weighted by molar-refractivity contribution is 6.02. The molecule has 3 amide bonds. The zero-order valence-electron chi connectivity index (χ0n) is 19.5. The Morgan fingerprint density at radius 2 is 1.79 bits per heavy atom. The van der Waals surface area contributed by atoms with Gasteiger partial charge in [0.05, 0.1) is 16.8 Å². The molecule has 0 spiro atoms.